The van der Waals surface area contributed by atoms with E-state index in [2.05, 4.69) is 27.8 Å². The van der Waals surface area contributed by atoms with Crippen molar-refractivity contribution in [3.8, 4) is 0 Å². The average molecular weight is 316 g/mol. The van der Waals surface area contributed by atoms with E-state index in [9.17, 15) is 4.79 Å². The SMILES string of the molecule is C=C(CC(=O)c1ccccc1)Nc1ccc(Br)cc1. The van der Waals surface area contributed by atoms with E-state index in [0.29, 0.717) is 17.7 Å². The van der Waals surface area contributed by atoms with Gasteiger partial charge < -0.3 is 5.32 Å². The minimum Gasteiger partial charge on any atom is -0.359 e. The number of ketones is 1. The first-order valence-electron chi connectivity index (χ1n) is 5.94. The van der Waals surface area contributed by atoms with Crippen molar-refractivity contribution >= 4 is 27.4 Å². The number of rotatable bonds is 5. The molecule has 2 nitrogen and oxygen atoms in total. The van der Waals surface area contributed by atoms with Crippen LogP contribution in [0.25, 0.3) is 0 Å². The van der Waals surface area contributed by atoms with Crippen molar-refractivity contribution in [1.29, 1.82) is 0 Å². The summed E-state index contributed by atoms with van der Waals surface area (Å²) in [7, 11) is 0. The monoisotopic (exact) mass is 315 g/mol. The summed E-state index contributed by atoms with van der Waals surface area (Å²) < 4.78 is 1.02. The second-order valence-electron chi connectivity index (χ2n) is 4.20. The Bertz CT molecular complexity index is 575. The molecule has 2 rings (SSSR count). The van der Waals surface area contributed by atoms with Gasteiger partial charge in [0.15, 0.2) is 5.78 Å². The second-order valence-corrected chi connectivity index (χ2v) is 5.12. The summed E-state index contributed by atoms with van der Waals surface area (Å²) in [5, 5.41) is 3.13. The molecule has 96 valence electrons. The molecule has 0 saturated carbocycles. The maximum atomic E-state index is 12.0. The van der Waals surface area contributed by atoms with E-state index in [4.69, 9.17) is 0 Å². The fourth-order valence-electron chi connectivity index (χ4n) is 1.70. The van der Waals surface area contributed by atoms with Crippen LogP contribution in [0.2, 0.25) is 0 Å². The number of anilines is 1. The van der Waals surface area contributed by atoms with Gasteiger partial charge in [0, 0.05) is 21.4 Å². The highest BCUT2D eigenvalue weighted by Crippen LogP contribution is 2.17. The third-order valence-corrected chi connectivity index (χ3v) is 3.16. The summed E-state index contributed by atoms with van der Waals surface area (Å²) in [4.78, 5) is 12.0. The number of halogens is 1. The second kappa shape index (κ2) is 6.34. The van der Waals surface area contributed by atoms with Crippen molar-refractivity contribution in [2.45, 2.75) is 6.42 Å². The molecule has 2 aromatic carbocycles. The molecule has 0 radical (unpaired) electrons. The van der Waals surface area contributed by atoms with Gasteiger partial charge in [-0.15, -0.1) is 0 Å². The highest BCUT2D eigenvalue weighted by molar-refractivity contribution is 9.10. The Morgan fingerprint density at radius 1 is 1.05 bits per heavy atom. The van der Waals surface area contributed by atoms with Gasteiger partial charge in [0.25, 0.3) is 0 Å². The number of benzene rings is 2. The van der Waals surface area contributed by atoms with Crippen LogP contribution in [0.4, 0.5) is 5.69 Å². The first-order chi connectivity index (χ1) is 9.15. The van der Waals surface area contributed by atoms with Gasteiger partial charge in [-0.3, -0.25) is 4.79 Å². The Kier molecular flexibility index (Phi) is 4.53. The minimum atomic E-state index is 0.0650. The molecular weight excluding hydrogens is 302 g/mol. The van der Waals surface area contributed by atoms with Crippen molar-refractivity contribution in [1.82, 2.24) is 0 Å². The molecule has 0 fully saturated rings. The standard InChI is InChI=1S/C16H14BrNO/c1-12(18-15-9-7-14(17)8-10-15)11-16(19)13-5-3-2-4-6-13/h2-10,18H,1,11H2. The molecule has 0 unspecified atom stereocenters. The van der Waals surface area contributed by atoms with Crippen molar-refractivity contribution in [3.63, 3.8) is 0 Å². The van der Waals surface area contributed by atoms with Crippen LogP contribution in [-0.2, 0) is 0 Å². The van der Waals surface area contributed by atoms with Gasteiger partial charge >= 0.3 is 0 Å². The first-order valence-corrected chi connectivity index (χ1v) is 6.73. The van der Waals surface area contributed by atoms with Crippen LogP contribution in [-0.4, -0.2) is 5.78 Å². The minimum absolute atomic E-state index is 0.0650. The van der Waals surface area contributed by atoms with Crippen molar-refractivity contribution in [2.24, 2.45) is 0 Å². The van der Waals surface area contributed by atoms with Gasteiger partial charge in [-0.25, -0.2) is 0 Å². The van der Waals surface area contributed by atoms with Crippen LogP contribution in [0, 0.1) is 0 Å². The quantitative estimate of drug-likeness (QED) is 0.814. The maximum absolute atomic E-state index is 12.0. The molecule has 0 atom stereocenters. The van der Waals surface area contributed by atoms with Crippen LogP contribution >= 0.6 is 15.9 Å². The smallest absolute Gasteiger partial charge is 0.168 e. The number of nitrogens with one attached hydrogen (secondary N) is 1. The van der Waals surface area contributed by atoms with E-state index in [1.807, 2.05) is 54.6 Å². The van der Waals surface area contributed by atoms with Crippen molar-refractivity contribution < 1.29 is 4.79 Å². The Hall–Kier alpha value is -1.87. The van der Waals surface area contributed by atoms with Gasteiger partial charge in [-0.2, -0.15) is 0 Å². The normalized spacial score (nSPS) is 9.95. The summed E-state index contributed by atoms with van der Waals surface area (Å²) in [5.41, 5.74) is 2.33. The van der Waals surface area contributed by atoms with E-state index in [1.165, 1.54) is 0 Å². The zero-order chi connectivity index (χ0) is 13.7. The molecule has 3 heteroatoms. The molecule has 0 saturated heterocycles. The Labute approximate surface area is 121 Å². The molecule has 0 bridgehead atoms. The first kappa shape index (κ1) is 13.6. The van der Waals surface area contributed by atoms with Crippen molar-refractivity contribution in [3.05, 3.63) is 76.9 Å². The molecule has 0 spiro atoms. The number of hydrogen-bond acceptors (Lipinski definition) is 2. The Morgan fingerprint density at radius 3 is 2.32 bits per heavy atom. The van der Waals surface area contributed by atoms with Gasteiger partial charge in [0.1, 0.15) is 0 Å². The lowest BCUT2D eigenvalue weighted by Gasteiger charge is -2.09. The molecule has 0 aliphatic rings. The summed E-state index contributed by atoms with van der Waals surface area (Å²) >= 11 is 3.38. The van der Waals surface area contributed by atoms with Crippen LogP contribution in [0.5, 0.6) is 0 Å². The third-order valence-electron chi connectivity index (χ3n) is 2.64. The third kappa shape index (κ3) is 4.07. The Morgan fingerprint density at radius 2 is 1.68 bits per heavy atom. The fraction of sp³-hybridized carbons (Fsp3) is 0.0625. The zero-order valence-corrected chi connectivity index (χ0v) is 12.0. The van der Waals surface area contributed by atoms with E-state index < -0.39 is 0 Å². The molecule has 0 aliphatic heterocycles. The lowest BCUT2D eigenvalue weighted by molar-refractivity contribution is 0.0993. The molecule has 0 aromatic heterocycles. The van der Waals surface area contributed by atoms with Gasteiger partial charge in [0.05, 0.1) is 6.42 Å². The average Bonchev–Trinajstić information content (AvgIpc) is 2.42. The molecule has 2 aromatic rings. The largest absolute Gasteiger partial charge is 0.359 e. The fourth-order valence-corrected chi connectivity index (χ4v) is 1.97. The van der Waals surface area contributed by atoms with E-state index in [1.54, 1.807) is 0 Å². The number of carbonyl (C=O) groups is 1. The highest BCUT2D eigenvalue weighted by atomic mass is 79.9. The van der Waals surface area contributed by atoms with E-state index in [-0.39, 0.29) is 5.78 Å². The summed E-state index contributed by atoms with van der Waals surface area (Å²) in [6, 6.07) is 17.0. The number of Topliss-reactive ketones (excluding diaryl/α,β-unsaturated/α-hetero) is 1. The molecule has 19 heavy (non-hydrogen) atoms. The van der Waals surface area contributed by atoms with Crippen molar-refractivity contribution in [2.75, 3.05) is 5.32 Å². The van der Waals surface area contributed by atoms with Gasteiger partial charge in [-0.1, -0.05) is 52.8 Å². The Balaban J connectivity index is 1.95. The predicted molar refractivity (Wildman–Crippen MR) is 82.3 cm³/mol. The lowest BCUT2D eigenvalue weighted by Crippen LogP contribution is -2.06. The van der Waals surface area contributed by atoms with Crippen LogP contribution in [0.1, 0.15) is 16.8 Å². The lowest BCUT2D eigenvalue weighted by atomic mass is 10.1. The molecule has 0 heterocycles. The summed E-state index contributed by atoms with van der Waals surface area (Å²) in [5.74, 6) is 0.0650. The predicted octanol–water partition coefficient (Wildman–Crippen LogP) is 4.65. The highest BCUT2D eigenvalue weighted by Gasteiger charge is 2.07. The van der Waals surface area contributed by atoms with Crippen LogP contribution in [0.15, 0.2) is 71.3 Å². The number of carbonyl (C=O) groups excluding carboxylic acids is 1. The van der Waals surface area contributed by atoms with E-state index in [0.717, 1.165) is 10.2 Å². The van der Waals surface area contributed by atoms with Crippen LogP contribution < -0.4 is 5.32 Å². The topological polar surface area (TPSA) is 29.1 Å². The van der Waals surface area contributed by atoms with Gasteiger partial charge in [0.2, 0.25) is 0 Å². The van der Waals surface area contributed by atoms with Gasteiger partial charge in [-0.05, 0) is 24.3 Å². The van der Waals surface area contributed by atoms with Crippen LogP contribution in [0.3, 0.4) is 0 Å². The molecule has 1 N–H and O–H groups in total. The molecular formula is C16H14BrNO. The number of hydrogen-bond donors (Lipinski definition) is 1. The van der Waals surface area contributed by atoms with E-state index >= 15 is 0 Å². The summed E-state index contributed by atoms with van der Waals surface area (Å²) in [6.45, 7) is 3.89. The number of allylic oxidation sites excluding steroid dienone is 1. The molecule has 0 aliphatic carbocycles. The zero-order valence-electron chi connectivity index (χ0n) is 10.4. The molecule has 0 amide bonds. The summed E-state index contributed by atoms with van der Waals surface area (Å²) in [6.07, 6.45) is 0.292. The maximum Gasteiger partial charge on any atom is 0.168 e.